The summed E-state index contributed by atoms with van der Waals surface area (Å²) >= 11 is 0. The first-order chi connectivity index (χ1) is 11.5. The molecular weight excluding hydrogens is 305 g/mol. The predicted molar refractivity (Wildman–Crippen MR) is 94.6 cm³/mol. The van der Waals surface area contributed by atoms with E-state index in [1.807, 2.05) is 19.1 Å². The van der Waals surface area contributed by atoms with Crippen molar-refractivity contribution >= 4 is 23.3 Å². The summed E-state index contributed by atoms with van der Waals surface area (Å²) in [6, 6.07) is 9.96. The minimum atomic E-state index is -0.287. The molecule has 1 aromatic heterocycles. The van der Waals surface area contributed by atoms with Crippen LogP contribution in [0.3, 0.4) is 0 Å². The molecule has 2 rings (SSSR count). The lowest BCUT2D eigenvalue weighted by molar-refractivity contribution is -0.118. The van der Waals surface area contributed by atoms with E-state index in [9.17, 15) is 9.18 Å². The van der Waals surface area contributed by atoms with Crippen LogP contribution in [0.2, 0.25) is 0 Å². The second kappa shape index (κ2) is 7.97. The third-order valence-electron chi connectivity index (χ3n) is 3.34. The van der Waals surface area contributed by atoms with Gasteiger partial charge in [-0.1, -0.05) is 18.7 Å². The normalized spacial score (nSPS) is 12.0. The lowest BCUT2D eigenvalue weighted by Gasteiger charge is -2.10. The van der Waals surface area contributed by atoms with Crippen molar-refractivity contribution in [3.63, 3.8) is 0 Å². The van der Waals surface area contributed by atoms with Crippen LogP contribution in [-0.2, 0) is 4.79 Å². The fraction of sp³-hybridized carbons (Fsp3) is 0.105. The summed E-state index contributed by atoms with van der Waals surface area (Å²) in [7, 11) is 0. The highest BCUT2D eigenvalue weighted by molar-refractivity contribution is 6.19. The second-order valence-electron chi connectivity index (χ2n) is 5.17. The molecule has 0 saturated heterocycles. The Hall–Kier alpha value is -3.08. The van der Waals surface area contributed by atoms with Crippen LogP contribution in [0, 0.1) is 5.82 Å². The van der Waals surface area contributed by atoms with Gasteiger partial charge < -0.3 is 5.32 Å². The van der Waals surface area contributed by atoms with Crippen molar-refractivity contribution in [3.8, 4) is 0 Å². The summed E-state index contributed by atoms with van der Waals surface area (Å²) < 4.78 is 13.1. The molecule has 0 aliphatic heterocycles. The van der Waals surface area contributed by atoms with E-state index in [0.29, 0.717) is 0 Å². The second-order valence-corrected chi connectivity index (χ2v) is 5.17. The molecule has 1 N–H and O–H groups in total. The molecule has 122 valence electrons. The number of halogens is 1. The summed E-state index contributed by atoms with van der Waals surface area (Å²) in [5.41, 5.74) is 3.53. The fourth-order valence-corrected chi connectivity index (χ4v) is 2.15. The number of amides is 1. The van der Waals surface area contributed by atoms with Gasteiger partial charge in [0.15, 0.2) is 0 Å². The standard InChI is InChI=1S/C19H18FN3O/c1-13(16-4-6-18(20)7-5-16)19(17-8-10-21-11-9-17)12-22-14(2)23-15(3)24/h4-12H,2H2,1,3H3,(H,23,24)/b19-13-,22-12-. The molecule has 1 aromatic carbocycles. The topological polar surface area (TPSA) is 54.4 Å². The zero-order valence-electron chi connectivity index (χ0n) is 13.6. The SMILES string of the molecule is C=C(/N=C\C(=C(/C)c1ccc(F)cc1)c1ccncc1)NC(C)=O. The first-order valence-corrected chi connectivity index (χ1v) is 7.35. The van der Waals surface area contributed by atoms with Gasteiger partial charge in [0.25, 0.3) is 0 Å². The molecule has 0 atom stereocenters. The molecule has 0 spiro atoms. The number of hydrogen-bond acceptors (Lipinski definition) is 3. The molecule has 4 nitrogen and oxygen atoms in total. The minimum Gasteiger partial charge on any atom is -0.311 e. The third-order valence-corrected chi connectivity index (χ3v) is 3.34. The van der Waals surface area contributed by atoms with Gasteiger partial charge in [-0.15, -0.1) is 0 Å². The number of aliphatic imine (C=N–C) groups is 1. The maximum Gasteiger partial charge on any atom is 0.222 e. The van der Waals surface area contributed by atoms with Crippen LogP contribution in [0.5, 0.6) is 0 Å². The molecule has 24 heavy (non-hydrogen) atoms. The number of carbonyl (C=O) groups excluding carboxylic acids is 1. The molecule has 0 aliphatic carbocycles. The molecule has 1 heterocycles. The molecule has 0 aliphatic rings. The monoisotopic (exact) mass is 323 g/mol. The maximum absolute atomic E-state index is 13.1. The minimum absolute atomic E-state index is 0.234. The number of pyridine rings is 1. The van der Waals surface area contributed by atoms with Gasteiger partial charge in [-0.05, 0) is 47.9 Å². The number of aromatic nitrogens is 1. The Morgan fingerprint density at radius 3 is 2.33 bits per heavy atom. The average molecular weight is 323 g/mol. The van der Waals surface area contributed by atoms with Gasteiger partial charge in [0, 0.05) is 31.1 Å². The first kappa shape index (κ1) is 17.3. The fourth-order valence-electron chi connectivity index (χ4n) is 2.15. The number of hydrogen-bond donors (Lipinski definition) is 1. The summed E-state index contributed by atoms with van der Waals surface area (Å²) in [4.78, 5) is 19.3. The Morgan fingerprint density at radius 2 is 1.75 bits per heavy atom. The van der Waals surface area contributed by atoms with Crippen LogP contribution in [0.4, 0.5) is 4.39 Å². The van der Waals surface area contributed by atoms with E-state index in [4.69, 9.17) is 0 Å². The summed E-state index contributed by atoms with van der Waals surface area (Å²) in [5, 5.41) is 2.52. The zero-order chi connectivity index (χ0) is 17.5. The number of allylic oxidation sites excluding steroid dienone is 2. The Morgan fingerprint density at radius 1 is 1.12 bits per heavy atom. The van der Waals surface area contributed by atoms with Crippen LogP contribution in [0.1, 0.15) is 25.0 Å². The van der Waals surface area contributed by atoms with E-state index in [1.54, 1.807) is 30.7 Å². The van der Waals surface area contributed by atoms with E-state index in [0.717, 1.165) is 22.3 Å². The summed E-state index contributed by atoms with van der Waals surface area (Å²) in [5.74, 6) is -0.271. The van der Waals surface area contributed by atoms with Crippen molar-refractivity contribution in [3.05, 3.63) is 78.1 Å². The van der Waals surface area contributed by atoms with Gasteiger partial charge in [-0.25, -0.2) is 9.38 Å². The van der Waals surface area contributed by atoms with Crippen molar-refractivity contribution in [1.29, 1.82) is 0 Å². The van der Waals surface area contributed by atoms with E-state index in [2.05, 4.69) is 21.9 Å². The van der Waals surface area contributed by atoms with Crippen LogP contribution >= 0.6 is 0 Å². The molecule has 0 radical (unpaired) electrons. The lowest BCUT2D eigenvalue weighted by atomic mass is 9.97. The van der Waals surface area contributed by atoms with Crippen LogP contribution < -0.4 is 5.32 Å². The van der Waals surface area contributed by atoms with Gasteiger partial charge in [0.1, 0.15) is 11.6 Å². The van der Waals surface area contributed by atoms with Crippen molar-refractivity contribution in [2.45, 2.75) is 13.8 Å². The molecule has 0 saturated carbocycles. The average Bonchev–Trinajstić information content (AvgIpc) is 2.56. The molecule has 0 fully saturated rings. The van der Waals surface area contributed by atoms with Crippen LogP contribution in [-0.4, -0.2) is 17.1 Å². The smallest absolute Gasteiger partial charge is 0.222 e. The Labute approximate surface area is 140 Å². The summed E-state index contributed by atoms with van der Waals surface area (Å²) in [6.07, 6.45) is 5.00. The first-order valence-electron chi connectivity index (χ1n) is 7.35. The van der Waals surface area contributed by atoms with Crippen molar-refractivity contribution < 1.29 is 9.18 Å². The molecule has 5 heteroatoms. The number of nitrogens with one attached hydrogen (secondary N) is 1. The summed E-state index contributed by atoms with van der Waals surface area (Å²) in [6.45, 7) is 7.01. The van der Waals surface area contributed by atoms with Gasteiger partial charge in [0.2, 0.25) is 5.91 Å². The molecular formula is C19H18FN3O. The Kier molecular flexibility index (Phi) is 5.73. The molecule has 0 unspecified atom stereocenters. The highest BCUT2D eigenvalue weighted by Gasteiger charge is 2.07. The molecule has 0 bridgehead atoms. The van der Waals surface area contributed by atoms with Crippen molar-refractivity contribution in [2.75, 3.05) is 0 Å². The number of benzene rings is 1. The van der Waals surface area contributed by atoms with Gasteiger partial charge in [-0.3, -0.25) is 9.78 Å². The van der Waals surface area contributed by atoms with Gasteiger partial charge in [0.05, 0.1) is 0 Å². The highest BCUT2D eigenvalue weighted by atomic mass is 19.1. The van der Waals surface area contributed by atoms with Crippen LogP contribution in [0.15, 0.2) is 66.2 Å². The van der Waals surface area contributed by atoms with Crippen molar-refractivity contribution in [1.82, 2.24) is 10.3 Å². The highest BCUT2D eigenvalue weighted by Crippen LogP contribution is 2.25. The van der Waals surface area contributed by atoms with Gasteiger partial charge in [-0.2, -0.15) is 0 Å². The van der Waals surface area contributed by atoms with Crippen LogP contribution in [0.25, 0.3) is 11.1 Å². The van der Waals surface area contributed by atoms with E-state index in [-0.39, 0.29) is 17.5 Å². The molecule has 2 aromatic rings. The maximum atomic E-state index is 13.1. The van der Waals surface area contributed by atoms with E-state index >= 15 is 0 Å². The number of carbonyl (C=O) groups is 1. The Balaban J connectivity index is 2.45. The number of rotatable bonds is 5. The zero-order valence-corrected chi connectivity index (χ0v) is 13.6. The van der Waals surface area contributed by atoms with Crippen molar-refractivity contribution in [2.24, 2.45) is 4.99 Å². The number of nitrogens with zero attached hydrogens (tertiary/aromatic N) is 2. The lowest BCUT2D eigenvalue weighted by Crippen LogP contribution is -2.17. The van der Waals surface area contributed by atoms with E-state index in [1.165, 1.54) is 19.1 Å². The predicted octanol–water partition coefficient (Wildman–Crippen LogP) is 3.83. The third kappa shape index (κ3) is 4.71. The Bertz CT molecular complexity index is 793. The molecule has 1 amide bonds. The van der Waals surface area contributed by atoms with Gasteiger partial charge >= 0.3 is 0 Å². The quantitative estimate of drug-likeness (QED) is 0.850. The van der Waals surface area contributed by atoms with E-state index < -0.39 is 0 Å². The largest absolute Gasteiger partial charge is 0.311 e.